The Kier molecular flexibility index (Phi) is 5.98. The molecule has 5 nitrogen and oxygen atoms in total. The predicted molar refractivity (Wildman–Crippen MR) is 76.8 cm³/mol. The molecular formula is C13H20N2O3S. The van der Waals surface area contributed by atoms with Gasteiger partial charge >= 0.3 is 0 Å². The Bertz CT molecular complexity index is 509. The highest BCUT2D eigenvalue weighted by Crippen LogP contribution is 2.09. The quantitative estimate of drug-likeness (QED) is 0.737. The van der Waals surface area contributed by atoms with Crippen LogP contribution in [0.15, 0.2) is 24.3 Å². The zero-order chi connectivity index (χ0) is 14.3. The Morgan fingerprint density at radius 3 is 2.37 bits per heavy atom. The van der Waals surface area contributed by atoms with Crippen molar-refractivity contribution in [3.05, 3.63) is 29.8 Å². The zero-order valence-electron chi connectivity index (χ0n) is 11.3. The lowest BCUT2D eigenvalue weighted by atomic mass is 10.2. The van der Waals surface area contributed by atoms with Crippen LogP contribution in [0.1, 0.15) is 19.4 Å². The zero-order valence-corrected chi connectivity index (χ0v) is 12.1. The number of nitrogens with one attached hydrogen (secondary N) is 2. The average molecular weight is 284 g/mol. The van der Waals surface area contributed by atoms with Gasteiger partial charge in [0.25, 0.3) is 0 Å². The maximum absolute atomic E-state index is 11.3. The van der Waals surface area contributed by atoms with Crippen LogP contribution in [-0.2, 0) is 21.2 Å². The first-order valence-corrected chi connectivity index (χ1v) is 8.03. The van der Waals surface area contributed by atoms with Gasteiger partial charge in [-0.25, -0.2) is 8.42 Å². The minimum atomic E-state index is -2.90. The van der Waals surface area contributed by atoms with Gasteiger partial charge < -0.3 is 10.6 Å². The second-order valence-corrected chi connectivity index (χ2v) is 6.76. The van der Waals surface area contributed by atoms with Crippen molar-refractivity contribution in [3.8, 4) is 0 Å². The second-order valence-electron chi connectivity index (χ2n) is 4.29. The second kappa shape index (κ2) is 7.25. The Hall–Kier alpha value is -1.40. The molecule has 106 valence electrons. The molecule has 0 unspecified atom stereocenters. The molecule has 0 aliphatic carbocycles. The van der Waals surface area contributed by atoms with Crippen LogP contribution in [0.3, 0.4) is 0 Å². The van der Waals surface area contributed by atoms with Crippen LogP contribution < -0.4 is 10.6 Å². The van der Waals surface area contributed by atoms with Gasteiger partial charge in [-0.1, -0.05) is 19.1 Å². The molecule has 0 saturated heterocycles. The molecule has 1 aromatic carbocycles. The van der Waals surface area contributed by atoms with Gasteiger partial charge in [0, 0.05) is 31.5 Å². The van der Waals surface area contributed by atoms with Crippen molar-refractivity contribution in [1.29, 1.82) is 0 Å². The minimum absolute atomic E-state index is 0.101. The Balaban J connectivity index is 2.36. The summed E-state index contributed by atoms with van der Waals surface area (Å²) < 4.78 is 22.6. The number of anilines is 1. The van der Waals surface area contributed by atoms with Crippen LogP contribution in [0.25, 0.3) is 0 Å². The van der Waals surface area contributed by atoms with Crippen LogP contribution in [0.5, 0.6) is 0 Å². The van der Waals surface area contributed by atoms with Crippen LogP contribution >= 0.6 is 0 Å². The van der Waals surface area contributed by atoms with E-state index in [1.165, 1.54) is 6.92 Å². The van der Waals surface area contributed by atoms with Crippen molar-refractivity contribution in [2.75, 3.05) is 23.4 Å². The SMILES string of the molecule is CCS(=O)(=O)CCNCc1ccc(NC(C)=O)cc1. The Labute approximate surface area is 114 Å². The molecule has 0 aromatic heterocycles. The third kappa shape index (κ3) is 6.35. The lowest BCUT2D eigenvalue weighted by Gasteiger charge is -2.06. The Morgan fingerprint density at radius 2 is 1.84 bits per heavy atom. The maximum Gasteiger partial charge on any atom is 0.221 e. The highest BCUT2D eigenvalue weighted by molar-refractivity contribution is 7.91. The molecule has 1 rings (SSSR count). The Morgan fingerprint density at radius 1 is 1.21 bits per heavy atom. The molecule has 2 N–H and O–H groups in total. The fourth-order valence-electron chi connectivity index (χ4n) is 1.51. The van der Waals surface area contributed by atoms with Crippen molar-refractivity contribution in [2.24, 2.45) is 0 Å². The monoisotopic (exact) mass is 284 g/mol. The molecule has 0 radical (unpaired) electrons. The summed E-state index contributed by atoms with van der Waals surface area (Å²) >= 11 is 0. The van der Waals surface area contributed by atoms with Gasteiger partial charge in [-0.15, -0.1) is 0 Å². The smallest absolute Gasteiger partial charge is 0.221 e. The van der Waals surface area contributed by atoms with Crippen molar-refractivity contribution in [3.63, 3.8) is 0 Å². The van der Waals surface area contributed by atoms with Crippen molar-refractivity contribution in [1.82, 2.24) is 5.32 Å². The maximum atomic E-state index is 11.3. The standard InChI is InChI=1S/C13H20N2O3S/c1-3-19(17,18)9-8-14-10-12-4-6-13(7-5-12)15-11(2)16/h4-7,14H,3,8-10H2,1-2H3,(H,15,16). The minimum Gasteiger partial charge on any atom is -0.326 e. The summed E-state index contributed by atoms with van der Waals surface area (Å²) in [6.45, 7) is 4.17. The van der Waals surface area contributed by atoms with Gasteiger partial charge in [-0.3, -0.25) is 4.79 Å². The molecule has 0 fully saturated rings. The van der Waals surface area contributed by atoms with Gasteiger partial charge in [0.1, 0.15) is 0 Å². The van der Waals surface area contributed by atoms with E-state index in [0.29, 0.717) is 13.1 Å². The summed E-state index contributed by atoms with van der Waals surface area (Å²) in [5.41, 5.74) is 1.80. The molecule has 0 bridgehead atoms. The fraction of sp³-hybridized carbons (Fsp3) is 0.462. The molecule has 0 atom stereocenters. The number of amides is 1. The summed E-state index contributed by atoms with van der Waals surface area (Å²) in [6.07, 6.45) is 0. The highest BCUT2D eigenvalue weighted by atomic mass is 32.2. The van der Waals surface area contributed by atoms with E-state index in [4.69, 9.17) is 0 Å². The van der Waals surface area contributed by atoms with Crippen LogP contribution in [0, 0.1) is 0 Å². The number of rotatable bonds is 7. The number of carbonyl (C=O) groups is 1. The van der Waals surface area contributed by atoms with Gasteiger partial charge in [0.15, 0.2) is 9.84 Å². The average Bonchev–Trinajstić information content (AvgIpc) is 2.36. The van der Waals surface area contributed by atoms with E-state index >= 15 is 0 Å². The first-order valence-electron chi connectivity index (χ1n) is 6.20. The molecule has 0 aliphatic heterocycles. The first-order chi connectivity index (χ1) is 8.93. The predicted octanol–water partition coefficient (Wildman–Crippen LogP) is 1.17. The number of benzene rings is 1. The van der Waals surface area contributed by atoms with E-state index in [1.807, 2.05) is 24.3 Å². The molecule has 1 aromatic rings. The molecule has 6 heteroatoms. The highest BCUT2D eigenvalue weighted by Gasteiger charge is 2.05. The summed E-state index contributed by atoms with van der Waals surface area (Å²) in [5, 5.41) is 5.77. The lowest BCUT2D eigenvalue weighted by Crippen LogP contribution is -2.23. The van der Waals surface area contributed by atoms with Crippen LogP contribution in [-0.4, -0.2) is 32.4 Å². The summed E-state index contributed by atoms with van der Waals surface area (Å²) in [5.74, 6) is 0.240. The molecular weight excluding hydrogens is 264 g/mol. The molecule has 1 amide bonds. The number of sulfone groups is 1. The first kappa shape index (κ1) is 15.7. The van der Waals surface area contributed by atoms with Gasteiger partial charge in [0.2, 0.25) is 5.91 Å². The third-order valence-electron chi connectivity index (χ3n) is 2.63. The van der Waals surface area contributed by atoms with Gasteiger partial charge in [-0.2, -0.15) is 0 Å². The fourth-order valence-corrected chi connectivity index (χ4v) is 2.26. The summed E-state index contributed by atoms with van der Waals surface area (Å²) in [4.78, 5) is 10.9. The van der Waals surface area contributed by atoms with E-state index < -0.39 is 9.84 Å². The third-order valence-corrected chi connectivity index (χ3v) is 4.34. The molecule has 0 heterocycles. The van der Waals surface area contributed by atoms with Crippen molar-refractivity contribution < 1.29 is 13.2 Å². The number of carbonyl (C=O) groups excluding carboxylic acids is 1. The van der Waals surface area contributed by atoms with E-state index in [9.17, 15) is 13.2 Å². The topological polar surface area (TPSA) is 75.3 Å². The molecule has 0 spiro atoms. The van der Waals surface area contributed by atoms with Crippen LogP contribution in [0.4, 0.5) is 5.69 Å². The molecule has 0 saturated carbocycles. The van der Waals surface area contributed by atoms with Gasteiger partial charge in [-0.05, 0) is 17.7 Å². The van der Waals surface area contributed by atoms with E-state index in [-0.39, 0.29) is 17.4 Å². The van der Waals surface area contributed by atoms with Crippen LogP contribution in [0.2, 0.25) is 0 Å². The molecule has 0 aliphatic rings. The van der Waals surface area contributed by atoms with E-state index in [1.54, 1.807) is 6.92 Å². The van der Waals surface area contributed by atoms with E-state index in [0.717, 1.165) is 11.3 Å². The summed E-state index contributed by atoms with van der Waals surface area (Å²) in [6, 6.07) is 7.43. The molecule has 19 heavy (non-hydrogen) atoms. The van der Waals surface area contributed by atoms with Gasteiger partial charge in [0.05, 0.1) is 5.75 Å². The number of hydrogen-bond donors (Lipinski definition) is 2. The normalized spacial score (nSPS) is 11.3. The summed E-state index contributed by atoms with van der Waals surface area (Å²) in [7, 11) is -2.90. The number of hydrogen-bond acceptors (Lipinski definition) is 4. The van der Waals surface area contributed by atoms with Crippen molar-refractivity contribution in [2.45, 2.75) is 20.4 Å². The largest absolute Gasteiger partial charge is 0.326 e. The van der Waals surface area contributed by atoms with E-state index in [2.05, 4.69) is 10.6 Å². The van der Waals surface area contributed by atoms with Crippen molar-refractivity contribution >= 4 is 21.4 Å². The lowest BCUT2D eigenvalue weighted by molar-refractivity contribution is -0.114.